The third-order valence-electron chi connectivity index (χ3n) is 6.39. The van der Waals surface area contributed by atoms with Crippen LogP contribution >= 0.6 is 0 Å². The Morgan fingerprint density at radius 3 is 2.69 bits per heavy atom. The summed E-state index contributed by atoms with van der Waals surface area (Å²) >= 11 is 0. The van der Waals surface area contributed by atoms with Gasteiger partial charge in [0.05, 0.1) is 24.9 Å². The number of amides is 2. The molecular weight excluding hydrogens is 372 g/mol. The molecule has 158 valence electrons. The zero-order valence-corrected chi connectivity index (χ0v) is 16.8. The Morgan fingerprint density at radius 2 is 1.93 bits per heavy atom. The summed E-state index contributed by atoms with van der Waals surface area (Å²) < 4.78 is 5.81. The first-order chi connectivity index (χ1) is 14.1. The molecule has 2 bridgehead atoms. The van der Waals surface area contributed by atoms with Gasteiger partial charge in [-0.3, -0.25) is 14.4 Å². The van der Waals surface area contributed by atoms with E-state index in [1.165, 1.54) is 12.5 Å². The fourth-order valence-electron chi connectivity index (χ4n) is 4.83. The van der Waals surface area contributed by atoms with Gasteiger partial charge in [-0.15, -0.1) is 0 Å². The molecule has 0 aromatic carbocycles. The summed E-state index contributed by atoms with van der Waals surface area (Å²) in [5, 5.41) is 6.39. The third-order valence-corrected chi connectivity index (χ3v) is 6.39. The largest absolute Gasteiger partial charge is 0.379 e. The molecule has 1 aliphatic carbocycles. The van der Waals surface area contributed by atoms with E-state index >= 15 is 0 Å². The first kappa shape index (κ1) is 20.1. The molecule has 0 spiro atoms. The van der Waals surface area contributed by atoms with Gasteiger partial charge in [0.2, 0.25) is 11.8 Å². The third kappa shape index (κ3) is 4.86. The summed E-state index contributed by atoms with van der Waals surface area (Å²) in [6, 6.07) is 2.99. The number of carbonyl (C=O) groups excluding carboxylic acids is 2. The van der Waals surface area contributed by atoms with E-state index < -0.39 is 0 Å². The van der Waals surface area contributed by atoms with E-state index in [-0.39, 0.29) is 35.3 Å². The Morgan fingerprint density at radius 1 is 1.10 bits per heavy atom. The first-order valence-corrected chi connectivity index (χ1v) is 10.8. The van der Waals surface area contributed by atoms with Crippen LogP contribution in [0.25, 0.3) is 0 Å². The molecule has 29 heavy (non-hydrogen) atoms. The van der Waals surface area contributed by atoms with Gasteiger partial charge >= 0.3 is 0 Å². The van der Waals surface area contributed by atoms with Crippen molar-refractivity contribution in [3.63, 3.8) is 0 Å². The molecule has 8 nitrogen and oxygen atoms in total. The maximum Gasteiger partial charge on any atom is 0.264 e. The number of nitrogens with zero attached hydrogens (tertiary/aromatic N) is 3. The van der Waals surface area contributed by atoms with Crippen LogP contribution in [0.3, 0.4) is 0 Å². The number of aryl methyl sites for hydroxylation is 1. The van der Waals surface area contributed by atoms with Crippen LogP contribution in [-0.2, 0) is 20.7 Å². The highest BCUT2D eigenvalue weighted by atomic mass is 16.5. The van der Waals surface area contributed by atoms with Crippen LogP contribution in [0.4, 0.5) is 0 Å². The van der Waals surface area contributed by atoms with E-state index in [1.54, 1.807) is 6.07 Å². The lowest BCUT2D eigenvalue weighted by Gasteiger charge is -2.34. The van der Waals surface area contributed by atoms with Gasteiger partial charge in [-0.2, -0.15) is 5.10 Å². The van der Waals surface area contributed by atoms with Crippen LogP contribution in [0.5, 0.6) is 0 Å². The molecule has 2 aliphatic heterocycles. The average Bonchev–Trinajstić information content (AvgIpc) is 3.04. The van der Waals surface area contributed by atoms with E-state index in [1.807, 2.05) is 9.80 Å². The normalized spacial score (nSPS) is 25.5. The van der Waals surface area contributed by atoms with Gasteiger partial charge < -0.3 is 14.5 Å². The van der Waals surface area contributed by atoms with Crippen LogP contribution in [0, 0.1) is 11.8 Å². The molecule has 0 unspecified atom stereocenters. The minimum absolute atomic E-state index is 0.0606. The van der Waals surface area contributed by atoms with Crippen LogP contribution in [0.2, 0.25) is 0 Å². The lowest BCUT2D eigenvalue weighted by Crippen LogP contribution is -2.49. The van der Waals surface area contributed by atoms with Gasteiger partial charge in [0.15, 0.2) is 0 Å². The van der Waals surface area contributed by atoms with Crippen molar-refractivity contribution >= 4 is 11.8 Å². The molecule has 4 rings (SSSR count). The van der Waals surface area contributed by atoms with Gasteiger partial charge in [-0.1, -0.05) is 19.3 Å². The Labute approximate surface area is 170 Å². The summed E-state index contributed by atoms with van der Waals surface area (Å²) in [5.74, 6) is 0.642. The van der Waals surface area contributed by atoms with Crippen molar-refractivity contribution in [1.29, 1.82) is 0 Å². The van der Waals surface area contributed by atoms with E-state index in [2.05, 4.69) is 10.2 Å². The zero-order chi connectivity index (χ0) is 20.2. The minimum Gasteiger partial charge on any atom is -0.379 e. The fraction of sp³-hybridized carbons (Fsp3) is 0.714. The average molecular weight is 402 g/mol. The predicted octanol–water partition coefficient (Wildman–Crippen LogP) is 0.969. The minimum atomic E-state index is -0.249. The van der Waals surface area contributed by atoms with Crippen LogP contribution in [-0.4, -0.2) is 70.7 Å². The molecule has 3 fully saturated rings. The Bertz CT molecular complexity index is 769. The predicted molar refractivity (Wildman–Crippen MR) is 106 cm³/mol. The van der Waals surface area contributed by atoms with Crippen LogP contribution < -0.4 is 5.56 Å². The van der Waals surface area contributed by atoms with Crippen molar-refractivity contribution in [3.05, 3.63) is 28.2 Å². The van der Waals surface area contributed by atoms with Crippen molar-refractivity contribution in [2.24, 2.45) is 11.8 Å². The first-order valence-electron chi connectivity index (χ1n) is 10.8. The van der Waals surface area contributed by atoms with Crippen molar-refractivity contribution in [2.45, 2.75) is 51.0 Å². The number of aromatic nitrogens is 2. The number of aromatic amines is 1. The molecule has 1 N–H and O–H groups in total. The molecule has 1 aromatic rings. The van der Waals surface area contributed by atoms with Crippen molar-refractivity contribution in [3.8, 4) is 0 Å². The SMILES string of the molecule is O=C(C1CCCCC1)N1C[C@@H]2COC[C@H](C1)N(C(=O)CCc1ccc(=O)[nH]n1)C2. The van der Waals surface area contributed by atoms with Gasteiger partial charge in [-0.05, 0) is 18.9 Å². The topological polar surface area (TPSA) is 95.6 Å². The van der Waals surface area contributed by atoms with Crippen molar-refractivity contribution in [1.82, 2.24) is 20.0 Å². The molecule has 1 saturated carbocycles. The quantitative estimate of drug-likeness (QED) is 0.810. The zero-order valence-electron chi connectivity index (χ0n) is 16.8. The van der Waals surface area contributed by atoms with Gasteiger partial charge in [0.25, 0.3) is 5.56 Å². The summed E-state index contributed by atoms with van der Waals surface area (Å²) in [5.41, 5.74) is 0.447. The number of rotatable bonds is 4. The number of carbonyl (C=O) groups is 2. The van der Waals surface area contributed by atoms with Crippen LogP contribution in [0.1, 0.15) is 44.2 Å². The van der Waals surface area contributed by atoms with Gasteiger partial charge in [-0.25, -0.2) is 5.10 Å². The highest BCUT2D eigenvalue weighted by Gasteiger charge is 2.38. The molecule has 2 amide bonds. The summed E-state index contributed by atoms with van der Waals surface area (Å²) in [4.78, 5) is 41.1. The second-order valence-electron chi connectivity index (χ2n) is 8.59. The standard InChI is InChI=1S/C21H30N4O4/c26-19-8-6-17(22-23-19)7-9-20(27)25-11-15-10-24(12-18(25)14-29-13-15)21(28)16-4-2-1-3-5-16/h6,8,15-16,18H,1-5,7,9-14H2,(H,23,26)/t15-,18-/m0/s1. The summed E-state index contributed by atoms with van der Waals surface area (Å²) in [6.45, 7) is 2.95. The second kappa shape index (κ2) is 9.07. The molecule has 3 heterocycles. The highest BCUT2D eigenvalue weighted by Crippen LogP contribution is 2.28. The molecule has 3 aliphatic rings. The lowest BCUT2D eigenvalue weighted by molar-refractivity contribution is -0.140. The van der Waals surface area contributed by atoms with Crippen LogP contribution in [0.15, 0.2) is 16.9 Å². The Balaban J connectivity index is 1.40. The number of hydrogen-bond acceptors (Lipinski definition) is 5. The van der Waals surface area contributed by atoms with E-state index in [4.69, 9.17) is 4.74 Å². The second-order valence-corrected chi connectivity index (χ2v) is 8.59. The van der Waals surface area contributed by atoms with E-state index in [9.17, 15) is 14.4 Å². The maximum atomic E-state index is 13.1. The molecule has 1 aromatic heterocycles. The Kier molecular flexibility index (Phi) is 6.28. The van der Waals surface area contributed by atoms with Crippen molar-refractivity contribution < 1.29 is 14.3 Å². The number of ether oxygens (including phenoxy) is 1. The lowest BCUT2D eigenvalue weighted by atomic mass is 9.88. The molecule has 8 heteroatoms. The van der Waals surface area contributed by atoms with Gasteiger partial charge in [0, 0.05) is 50.4 Å². The van der Waals surface area contributed by atoms with E-state index in [0.29, 0.717) is 51.4 Å². The smallest absolute Gasteiger partial charge is 0.264 e. The molecule has 2 atom stereocenters. The monoisotopic (exact) mass is 402 g/mol. The number of nitrogens with one attached hydrogen (secondary N) is 1. The highest BCUT2D eigenvalue weighted by molar-refractivity contribution is 5.80. The Hall–Kier alpha value is -2.22. The van der Waals surface area contributed by atoms with E-state index in [0.717, 1.165) is 25.7 Å². The number of fused-ring (bicyclic) bond motifs is 3. The summed E-state index contributed by atoms with van der Waals surface area (Å²) in [6.07, 6.45) is 6.32. The molecule has 2 saturated heterocycles. The maximum absolute atomic E-state index is 13.1. The fourth-order valence-corrected chi connectivity index (χ4v) is 4.83. The van der Waals surface area contributed by atoms with Gasteiger partial charge in [0.1, 0.15) is 0 Å². The van der Waals surface area contributed by atoms with Crippen molar-refractivity contribution in [2.75, 3.05) is 32.8 Å². The summed E-state index contributed by atoms with van der Waals surface area (Å²) in [7, 11) is 0. The number of H-pyrrole nitrogens is 1. The molecule has 0 radical (unpaired) electrons. The molecular formula is C21H30N4O4. The number of hydrogen-bond donors (Lipinski definition) is 1.